The Labute approximate surface area is 121 Å². The van der Waals surface area contributed by atoms with Crippen molar-refractivity contribution in [2.24, 2.45) is 0 Å². The van der Waals surface area contributed by atoms with Gasteiger partial charge in [0.05, 0.1) is 6.20 Å². The molecule has 2 rings (SSSR count). The predicted octanol–water partition coefficient (Wildman–Crippen LogP) is 0.423. The Morgan fingerprint density at radius 1 is 1.43 bits per heavy atom. The van der Waals surface area contributed by atoms with E-state index >= 15 is 0 Å². The van der Waals surface area contributed by atoms with Gasteiger partial charge in [0.25, 0.3) is 5.91 Å². The average Bonchev–Trinajstić information content (AvgIpc) is 3.02. The minimum atomic E-state index is -1.01. The van der Waals surface area contributed by atoms with Crippen molar-refractivity contribution in [3.05, 3.63) is 35.4 Å². The van der Waals surface area contributed by atoms with Crippen LogP contribution >= 0.6 is 0 Å². The first-order valence-corrected chi connectivity index (χ1v) is 6.56. The minimum absolute atomic E-state index is 0.191. The van der Waals surface area contributed by atoms with Gasteiger partial charge < -0.3 is 10.4 Å². The van der Waals surface area contributed by atoms with Crippen LogP contribution in [0.5, 0.6) is 0 Å². The lowest BCUT2D eigenvalue weighted by molar-refractivity contribution is -0.137. The van der Waals surface area contributed by atoms with Crippen LogP contribution in [0.1, 0.15) is 28.7 Å². The molecule has 0 unspecified atom stereocenters. The molecule has 0 bridgehead atoms. The van der Waals surface area contributed by atoms with E-state index in [1.165, 1.54) is 16.9 Å². The highest BCUT2D eigenvalue weighted by Gasteiger charge is 2.12. The minimum Gasteiger partial charge on any atom is -0.480 e. The predicted molar refractivity (Wildman–Crippen MR) is 73.7 cm³/mol. The van der Waals surface area contributed by atoms with Crippen LogP contribution in [0.2, 0.25) is 0 Å². The molecule has 0 fully saturated rings. The van der Waals surface area contributed by atoms with Gasteiger partial charge in [0.2, 0.25) is 0 Å². The van der Waals surface area contributed by atoms with Crippen LogP contribution in [0, 0.1) is 6.92 Å². The molecule has 2 aromatic heterocycles. The number of carboxylic acid groups (broad SMARTS) is 1. The van der Waals surface area contributed by atoms with Gasteiger partial charge >= 0.3 is 5.97 Å². The number of aromatic nitrogens is 4. The van der Waals surface area contributed by atoms with E-state index in [0.29, 0.717) is 6.54 Å². The van der Waals surface area contributed by atoms with E-state index in [-0.39, 0.29) is 18.1 Å². The summed E-state index contributed by atoms with van der Waals surface area (Å²) in [4.78, 5) is 22.5. The molecule has 2 N–H and O–H groups in total. The molecule has 2 heterocycles. The number of rotatable bonds is 6. The van der Waals surface area contributed by atoms with Gasteiger partial charge in [-0.25, -0.2) is 0 Å². The fourth-order valence-electron chi connectivity index (χ4n) is 1.95. The summed E-state index contributed by atoms with van der Waals surface area (Å²) in [5, 5.41) is 19.5. The largest absolute Gasteiger partial charge is 0.480 e. The second-order valence-corrected chi connectivity index (χ2v) is 4.55. The number of carbonyl (C=O) groups excluding carboxylic acids is 1. The van der Waals surface area contributed by atoms with Crippen LogP contribution in [0.3, 0.4) is 0 Å². The van der Waals surface area contributed by atoms with E-state index in [9.17, 15) is 9.59 Å². The Morgan fingerprint density at radius 2 is 2.19 bits per heavy atom. The van der Waals surface area contributed by atoms with E-state index in [1.54, 1.807) is 6.20 Å². The van der Waals surface area contributed by atoms with Crippen LogP contribution < -0.4 is 5.32 Å². The van der Waals surface area contributed by atoms with Crippen LogP contribution in [0.25, 0.3) is 0 Å². The zero-order valence-corrected chi connectivity index (χ0v) is 11.9. The first kappa shape index (κ1) is 14.8. The number of carbonyl (C=O) groups is 2. The molecule has 2 aromatic rings. The molecule has 0 atom stereocenters. The lowest BCUT2D eigenvalue weighted by Gasteiger charge is -2.04. The summed E-state index contributed by atoms with van der Waals surface area (Å²) >= 11 is 0. The highest BCUT2D eigenvalue weighted by molar-refractivity contribution is 5.92. The zero-order valence-electron chi connectivity index (χ0n) is 11.9. The van der Waals surface area contributed by atoms with Gasteiger partial charge in [-0.1, -0.05) is 0 Å². The number of carboxylic acids is 1. The van der Waals surface area contributed by atoms with Gasteiger partial charge in [0.1, 0.15) is 12.2 Å². The molecule has 0 aliphatic carbocycles. The van der Waals surface area contributed by atoms with Crippen molar-refractivity contribution >= 4 is 11.9 Å². The monoisotopic (exact) mass is 291 g/mol. The highest BCUT2D eigenvalue weighted by atomic mass is 16.4. The highest BCUT2D eigenvalue weighted by Crippen LogP contribution is 2.07. The third-order valence-corrected chi connectivity index (χ3v) is 3.11. The van der Waals surface area contributed by atoms with Crippen LogP contribution in [-0.2, 0) is 24.4 Å². The summed E-state index contributed by atoms with van der Waals surface area (Å²) in [7, 11) is 0. The Balaban J connectivity index is 1.96. The maximum Gasteiger partial charge on any atom is 0.325 e. The molecule has 0 aliphatic rings. The number of aliphatic carboxylic acids is 1. The molecular weight excluding hydrogens is 274 g/mol. The van der Waals surface area contributed by atoms with E-state index in [4.69, 9.17) is 5.11 Å². The topological polar surface area (TPSA) is 102 Å². The van der Waals surface area contributed by atoms with Crippen LogP contribution in [0.4, 0.5) is 0 Å². The molecule has 0 saturated heterocycles. The van der Waals surface area contributed by atoms with Crippen molar-refractivity contribution in [2.75, 3.05) is 0 Å². The van der Waals surface area contributed by atoms with Gasteiger partial charge in [0, 0.05) is 30.5 Å². The van der Waals surface area contributed by atoms with E-state index in [1.807, 2.05) is 18.5 Å². The van der Waals surface area contributed by atoms with Gasteiger partial charge in [-0.2, -0.15) is 10.2 Å². The Hall–Kier alpha value is -2.64. The van der Waals surface area contributed by atoms with Gasteiger partial charge in [-0.05, 0) is 19.9 Å². The van der Waals surface area contributed by atoms with Crippen molar-refractivity contribution in [1.82, 2.24) is 24.9 Å². The quantitative estimate of drug-likeness (QED) is 0.803. The third kappa shape index (κ3) is 3.47. The smallest absolute Gasteiger partial charge is 0.325 e. The van der Waals surface area contributed by atoms with Crippen LogP contribution in [0.15, 0.2) is 18.5 Å². The average molecular weight is 291 g/mol. The summed E-state index contributed by atoms with van der Waals surface area (Å²) in [5.41, 5.74) is 2.14. The number of amides is 1. The normalized spacial score (nSPS) is 10.6. The molecule has 0 saturated carbocycles. The number of aryl methyl sites for hydroxylation is 1. The Morgan fingerprint density at radius 3 is 2.81 bits per heavy atom. The molecule has 8 nitrogen and oxygen atoms in total. The third-order valence-electron chi connectivity index (χ3n) is 3.11. The molecule has 8 heteroatoms. The maximum absolute atomic E-state index is 11.9. The second-order valence-electron chi connectivity index (χ2n) is 4.55. The molecule has 112 valence electrons. The van der Waals surface area contributed by atoms with E-state index in [2.05, 4.69) is 15.5 Å². The van der Waals surface area contributed by atoms with Crippen molar-refractivity contribution in [1.29, 1.82) is 0 Å². The van der Waals surface area contributed by atoms with Crippen molar-refractivity contribution in [3.8, 4) is 0 Å². The van der Waals surface area contributed by atoms with E-state index in [0.717, 1.165) is 17.8 Å². The number of nitrogens with zero attached hydrogens (tertiary/aromatic N) is 4. The van der Waals surface area contributed by atoms with Gasteiger partial charge in [0.15, 0.2) is 0 Å². The Bertz CT molecular complexity index is 659. The maximum atomic E-state index is 11.9. The summed E-state index contributed by atoms with van der Waals surface area (Å²) in [6.45, 7) is 4.81. The SMILES string of the molecule is CCn1ncc(CNC(=O)c2ccn(CC(=O)O)n2)c1C. The number of hydrogen-bond donors (Lipinski definition) is 2. The summed E-state index contributed by atoms with van der Waals surface area (Å²) < 4.78 is 3.06. The van der Waals surface area contributed by atoms with Crippen LogP contribution in [-0.4, -0.2) is 36.5 Å². The summed E-state index contributed by atoms with van der Waals surface area (Å²) in [5.74, 6) is -1.35. The molecule has 0 radical (unpaired) electrons. The second kappa shape index (κ2) is 6.21. The van der Waals surface area contributed by atoms with Gasteiger partial charge in [-0.15, -0.1) is 0 Å². The first-order valence-electron chi connectivity index (χ1n) is 6.56. The number of nitrogens with one attached hydrogen (secondary N) is 1. The van der Waals surface area contributed by atoms with E-state index < -0.39 is 5.97 Å². The molecule has 21 heavy (non-hydrogen) atoms. The molecule has 0 spiro atoms. The summed E-state index contributed by atoms with van der Waals surface area (Å²) in [6, 6.07) is 1.49. The number of hydrogen-bond acceptors (Lipinski definition) is 4. The fraction of sp³-hybridized carbons (Fsp3) is 0.385. The lowest BCUT2D eigenvalue weighted by atomic mass is 10.2. The molecular formula is C13H17N5O3. The Kier molecular flexibility index (Phi) is 4.36. The molecule has 0 aliphatic heterocycles. The van der Waals surface area contributed by atoms with Crippen molar-refractivity contribution in [3.63, 3.8) is 0 Å². The molecule has 0 aromatic carbocycles. The fourth-order valence-corrected chi connectivity index (χ4v) is 1.95. The van der Waals surface area contributed by atoms with Gasteiger partial charge in [-0.3, -0.25) is 19.0 Å². The lowest BCUT2D eigenvalue weighted by Crippen LogP contribution is -2.24. The summed E-state index contributed by atoms with van der Waals surface area (Å²) in [6.07, 6.45) is 3.19. The zero-order chi connectivity index (χ0) is 15.4. The molecule has 1 amide bonds. The first-order chi connectivity index (χ1) is 10.0. The van der Waals surface area contributed by atoms with Crippen molar-refractivity contribution < 1.29 is 14.7 Å². The standard InChI is InChI=1S/C13H17N5O3/c1-3-18-9(2)10(7-15-18)6-14-13(21)11-4-5-17(16-11)8-12(19)20/h4-5,7H,3,6,8H2,1-2H3,(H,14,21)(H,19,20). The van der Waals surface area contributed by atoms with Crippen molar-refractivity contribution in [2.45, 2.75) is 33.5 Å².